The fourth-order valence-corrected chi connectivity index (χ4v) is 4.38. The van der Waals surface area contributed by atoms with Crippen LogP contribution in [-0.4, -0.2) is 37.7 Å². The van der Waals surface area contributed by atoms with Gasteiger partial charge >= 0.3 is 11.9 Å². The maximum absolute atomic E-state index is 12.7. The molecule has 0 fully saturated rings. The van der Waals surface area contributed by atoms with Crippen molar-refractivity contribution in [1.82, 2.24) is 0 Å². The molecule has 0 aromatic heterocycles. The average molecular weight is 417 g/mol. The highest BCUT2D eigenvalue weighted by atomic mass is 16.5. The first-order chi connectivity index (χ1) is 13.9. The normalized spacial score (nSPS) is 25.5. The summed E-state index contributed by atoms with van der Waals surface area (Å²) < 4.78 is 9.50. The molecule has 0 heterocycles. The molecule has 0 saturated carbocycles. The number of carbonyl (C=O) groups is 4. The maximum Gasteiger partial charge on any atom is 0.341 e. The summed E-state index contributed by atoms with van der Waals surface area (Å²) in [6.07, 6.45) is 9.45. The molecule has 2 rings (SSSR count). The van der Waals surface area contributed by atoms with Gasteiger partial charge in [-0.25, -0.2) is 9.59 Å². The smallest absolute Gasteiger partial charge is 0.341 e. The van der Waals surface area contributed by atoms with Crippen LogP contribution >= 0.6 is 0 Å². The lowest BCUT2D eigenvalue weighted by molar-refractivity contribution is -0.140. The predicted octanol–water partition coefficient (Wildman–Crippen LogP) is 3.75. The van der Waals surface area contributed by atoms with Crippen molar-refractivity contribution >= 4 is 23.5 Å². The van der Waals surface area contributed by atoms with Crippen LogP contribution in [0.1, 0.15) is 53.4 Å². The quantitative estimate of drug-likeness (QED) is 0.372. The van der Waals surface area contributed by atoms with Gasteiger partial charge in [-0.1, -0.05) is 52.0 Å². The Kier molecular flexibility index (Phi) is 7.22. The lowest BCUT2D eigenvalue weighted by Crippen LogP contribution is -2.33. The number of hydrogen-bond donors (Lipinski definition) is 0. The van der Waals surface area contributed by atoms with Crippen LogP contribution in [0, 0.1) is 22.7 Å². The second kappa shape index (κ2) is 9.11. The largest absolute Gasteiger partial charge is 0.465 e. The second-order valence-corrected chi connectivity index (χ2v) is 9.55. The van der Waals surface area contributed by atoms with Gasteiger partial charge in [-0.05, 0) is 36.5 Å². The molecule has 6 heteroatoms. The van der Waals surface area contributed by atoms with E-state index >= 15 is 0 Å². The Bertz CT molecular complexity index is 757. The molecule has 2 atom stereocenters. The topological polar surface area (TPSA) is 86.7 Å². The van der Waals surface area contributed by atoms with Gasteiger partial charge in [0, 0.05) is 11.8 Å². The van der Waals surface area contributed by atoms with Crippen LogP contribution in [0.15, 0.2) is 35.5 Å². The number of rotatable bonds is 6. The van der Waals surface area contributed by atoms with Gasteiger partial charge in [-0.3, -0.25) is 9.59 Å². The summed E-state index contributed by atoms with van der Waals surface area (Å²) in [6.45, 7) is 7.95. The number of ether oxygens (including phenoxy) is 2. The van der Waals surface area contributed by atoms with Crippen LogP contribution in [0.4, 0.5) is 0 Å². The summed E-state index contributed by atoms with van der Waals surface area (Å²) in [5.74, 6) is -2.20. The van der Waals surface area contributed by atoms with Gasteiger partial charge in [0.15, 0.2) is 11.6 Å². The van der Waals surface area contributed by atoms with Gasteiger partial charge < -0.3 is 9.47 Å². The third-order valence-electron chi connectivity index (χ3n) is 5.71. The van der Waals surface area contributed by atoms with E-state index in [0.29, 0.717) is 25.7 Å². The first kappa shape index (κ1) is 23.8. The molecule has 0 aromatic rings. The summed E-state index contributed by atoms with van der Waals surface area (Å²) in [6, 6.07) is 0. The van der Waals surface area contributed by atoms with Crippen molar-refractivity contribution in [2.24, 2.45) is 22.7 Å². The third kappa shape index (κ3) is 5.55. The van der Waals surface area contributed by atoms with Crippen molar-refractivity contribution in [3.05, 3.63) is 35.5 Å². The Morgan fingerprint density at radius 2 is 1.17 bits per heavy atom. The summed E-state index contributed by atoms with van der Waals surface area (Å²) >= 11 is 0. The van der Waals surface area contributed by atoms with Crippen molar-refractivity contribution in [1.29, 1.82) is 0 Å². The van der Waals surface area contributed by atoms with Gasteiger partial charge in [0.05, 0.1) is 25.4 Å². The zero-order valence-electron chi connectivity index (χ0n) is 18.7. The standard InChI is InChI=1S/C24H32O6/c1-23(2)11-15(19(25)17(13-23)21(27)29-5)9-7-8-10-16-12-24(3,4)14-18(20(16)26)22(28)30-6/h7-8,13-16H,9-12H2,1-6H3/b8-7+. The van der Waals surface area contributed by atoms with Gasteiger partial charge in [0.2, 0.25) is 0 Å². The highest BCUT2D eigenvalue weighted by Crippen LogP contribution is 2.38. The van der Waals surface area contributed by atoms with Crippen LogP contribution in [0.25, 0.3) is 0 Å². The minimum Gasteiger partial charge on any atom is -0.465 e. The fraction of sp³-hybridized carbons (Fsp3) is 0.583. The summed E-state index contributed by atoms with van der Waals surface area (Å²) in [7, 11) is 2.54. The van der Waals surface area contributed by atoms with E-state index in [1.54, 1.807) is 12.2 Å². The number of ketones is 2. The van der Waals surface area contributed by atoms with E-state index < -0.39 is 11.9 Å². The zero-order valence-corrected chi connectivity index (χ0v) is 18.7. The van der Waals surface area contributed by atoms with E-state index in [9.17, 15) is 19.2 Å². The molecular weight excluding hydrogens is 384 g/mol. The molecule has 0 aromatic carbocycles. The van der Waals surface area contributed by atoms with Crippen molar-refractivity contribution in [2.45, 2.75) is 53.4 Å². The van der Waals surface area contributed by atoms with Crippen LogP contribution in [-0.2, 0) is 28.7 Å². The van der Waals surface area contributed by atoms with Crippen molar-refractivity contribution in [2.75, 3.05) is 14.2 Å². The molecule has 0 amide bonds. The Balaban J connectivity index is 2.06. The molecular formula is C24H32O6. The maximum atomic E-state index is 12.7. The molecule has 6 nitrogen and oxygen atoms in total. The number of methoxy groups -OCH3 is 2. The minimum atomic E-state index is -0.598. The number of esters is 2. The summed E-state index contributed by atoms with van der Waals surface area (Å²) in [5, 5.41) is 0. The van der Waals surface area contributed by atoms with E-state index in [-0.39, 0.29) is 45.4 Å². The van der Waals surface area contributed by atoms with Crippen LogP contribution < -0.4 is 0 Å². The van der Waals surface area contributed by atoms with Crippen molar-refractivity contribution in [3.8, 4) is 0 Å². The molecule has 0 aliphatic heterocycles. The van der Waals surface area contributed by atoms with Crippen molar-refractivity contribution < 1.29 is 28.7 Å². The first-order valence-electron chi connectivity index (χ1n) is 10.3. The van der Waals surface area contributed by atoms with Gasteiger partial charge in [0.1, 0.15) is 0 Å². The molecule has 0 bridgehead atoms. The van der Waals surface area contributed by atoms with E-state index in [4.69, 9.17) is 9.47 Å². The fourth-order valence-electron chi connectivity index (χ4n) is 4.38. The molecule has 0 radical (unpaired) electrons. The number of allylic oxidation sites excluding steroid dienone is 4. The van der Waals surface area contributed by atoms with E-state index in [2.05, 4.69) is 0 Å². The second-order valence-electron chi connectivity index (χ2n) is 9.55. The van der Waals surface area contributed by atoms with Crippen LogP contribution in [0.5, 0.6) is 0 Å². The molecule has 30 heavy (non-hydrogen) atoms. The number of carbonyl (C=O) groups excluding carboxylic acids is 4. The first-order valence-corrected chi connectivity index (χ1v) is 10.3. The Hall–Kier alpha value is -2.50. The predicted molar refractivity (Wildman–Crippen MR) is 112 cm³/mol. The van der Waals surface area contributed by atoms with E-state index in [0.717, 1.165) is 0 Å². The molecule has 164 valence electrons. The minimum absolute atomic E-state index is 0.115. The Morgan fingerprint density at radius 3 is 1.47 bits per heavy atom. The Morgan fingerprint density at radius 1 is 0.833 bits per heavy atom. The summed E-state index contributed by atoms with van der Waals surface area (Å²) in [4.78, 5) is 49.3. The zero-order chi connectivity index (χ0) is 22.7. The van der Waals surface area contributed by atoms with Crippen LogP contribution in [0.3, 0.4) is 0 Å². The van der Waals surface area contributed by atoms with Crippen molar-refractivity contribution in [3.63, 3.8) is 0 Å². The van der Waals surface area contributed by atoms with E-state index in [1.165, 1.54) is 14.2 Å². The highest BCUT2D eigenvalue weighted by molar-refractivity contribution is 6.19. The van der Waals surface area contributed by atoms with Crippen LogP contribution in [0.2, 0.25) is 0 Å². The Labute approximate surface area is 178 Å². The third-order valence-corrected chi connectivity index (χ3v) is 5.71. The van der Waals surface area contributed by atoms with Gasteiger partial charge in [0.25, 0.3) is 0 Å². The van der Waals surface area contributed by atoms with Gasteiger partial charge in [-0.2, -0.15) is 0 Å². The van der Waals surface area contributed by atoms with Gasteiger partial charge in [-0.15, -0.1) is 0 Å². The molecule has 2 aliphatic carbocycles. The number of Topliss-reactive ketones (excluding diaryl/α,β-unsaturated/α-hetero) is 2. The molecule has 2 aliphatic rings. The molecule has 0 saturated heterocycles. The SMILES string of the molecule is COC(=O)C1=CC(C)(C)CC(C/C=C/CC2CC(C)(C)C=C(C(=O)OC)C2=O)C1=O. The van der Waals surface area contributed by atoms with E-state index in [1.807, 2.05) is 39.8 Å². The summed E-state index contributed by atoms with van der Waals surface area (Å²) in [5.41, 5.74) is -0.327. The average Bonchev–Trinajstić information content (AvgIpc) is 2.67. The monoisotopic (exact) mass is 416 g/mol. The molecule has 0 spiro atoms. The molecule has 0 N–H and O–H groups in total. The highest BCUT2D eigenvalue weighted by Gasteiger charge is 2.38. The lowest BCUT2D eigenvalue weighted by atomic mass is 9.71. The number of hydrogen-bond acceptors (Lipinski definition) is 6. The molecule has 2 unspecified atom stereocenters. The lowest BCUT2D eigenvalue weighted by Gasteiger charge is -2.32.